The number of ether oxygens (including phenoxy) is 1. The van der Waals surface area contributed by atoms with Crippen LogP contribution in [0, 0.1) is 5.92 Å². The molecule has 1 aliphatic rings. The van der Waals surface area contributed by atoms with E-state index in [1.165, 1.54) is 31.2 Å². The summed E-state index contributed by atoms with van der Waals surface area (Å²) >= 11 is 0. The summed E-state index contributed by atoms with van der Waals surface area (Å²) in [5, 5.41) is 0.484. The van der Waals surface area contributed by atoms with Gasteiger partial charge in [0.15, 0.2) is 0 Å². The average molecular weight is 412 g/mol. The van der Waals surface area contributed by atoms with Crippen molar-refractivity contribution in [3.05, 3.63) is 82.9 Å². The Morgan fingerprint density at radius 2 is 1.74 bits per heavy atom. The molecule has 2 aromatic carbocycles. The Labute approximate surface area is 180 Å². The van der Waals surface area contributed by atoms with Crippen LogP contribution in [0.1, 0.15) is 24.8 Å². The molecule has 5 rings (SSSR count). The van der Waals surface area contributed by atoms with E-state index in [1.807, 2.05) is 31.3 Å². The van der Waals surface area contributed by atoms with Crippen LogP contribution in [0.3, 0.4) is 0 Å². The standard InChI is InChI=1S/C25H24N4O2/c1-29(19-8-6-18(7-9-19)5-4-17-2-3-17)20-10-12-21(13-11-20)31-25-27-23-16-26-15-14-22(23)24(30)28-25/h6-17H,2-5H2,1H3,(H,27,28,30). The molecule has 1 aliphatic carbocycles. The summed E-state index contributed by atoms with van der Waals surface area (Å²) in [6.45, 7) is 0. The third kappa shape index (κ3) is 4.43. The smallest absolute Gasteiger partial charge is 0.302 e. The molecule has 1 fully saturated rings. The molecule has 0 unspecified atom stereocenters. The number of fused-ring (bicyclic) bond motifs is 1. The minimum absolute atomic E-state index is 0.147. The van der Waals surface area contributed by atoms with Gasteiger partial charge in [-0.15, -0.1) is 0 Å². The number of aryl methyl sites for hydroxylation is 1. The first-order valence-corrected chi connectivity index (χ1v) is 10.6. The van der Waals surface area contributed by atoms with E-state index in [0.29, 0.717) is 16.7 Å². The molecule has 2 heterocycles. The van der Waals surface area contributed by atoms with Gasteiger partial charge in [0.2, 0.25) is 0 Å². The quantitative estimate of drug-likeness (QED) is 0.451. The van der Waals surface area contributed by atoms with Gasteiger partial charge >= 0.3 is 6.01 Å². The molecule has 6 nitrogen and oxygen atoms in total. The van der Waals surface area contributed by atoms with Crippen molar-refractivity contribution in [2.24, 2.45) is 5.92 Å². The highest BCUT2D eigenvalue weighted by molar-refractivity contribution is 5.76. The number of benzene rings is 2. The van der Waals surface area contributed by atoms with E-state index in [1.54, 1.807) is 18.5 Å². The zero-order valence-corrected chi connectivity index (χ0v) is 17.4. The second kappa shape index (κ2) is 8.22. The highest BCUT2D eigenvalue weighted by Gasteiger charge is 2.20. The lowest BCUT2D eigenvalue weighted by atomic mass is 10.1. The van der Waals surface area contributed by atoms with Crippen LogP contribution < -0.4 is 15.2 Å². The predicted molar refractivity (Wildman–Crippen MR) is 122 cm³/mol. The maximum atomic E-state index is 12.2. The third-order valence-corrected chi connectivity index (χ3v) is 5.79. The van der Waals surface area contributed by atoms with Gasteiger partial charge in [0.05, 0.1) is 17.1 Å². The minimum atomic E-state index is -0.251. The first-order valence-electron chi connectivity index (χ1n) is 10.6. The Morgan fingerprint density at radius 3 is 2.45 bits per heavy atom. The van der Waals surface area contributed by atoms with Crippen LogP contribution in [0.4, 0.5) is 11.4 Å². The summed E-state index contributed by atoms with van der Waals surface area (Å²) in [4.78, 5) is 25.3. The molecule has 1 saturated carbocycles. The summed E-state index contributed by atoms with van der Waals surface area (Å²) in [5.74, 6) is 1.56. The van der Waals surface area contributed by atoms with Crippen LogP contribution in [-0.2, 0) is 6.42 Å². The highest BCUT2D eigenvalue weighted by Crippen LogP contribution is 2.34. The van der Waals surface area contributed by atoms with Crippen molar-refractivity contribution in [3.63, 3.8) is 0 Å². The molecule has 6 heteroatoms. The van der Waals surface area contributed by atoms with Crippen molar-refractivity contribution in [2.45, 2.75) is 25.7 Å². The van der Waals surface area contributed by atoms with Gasteiger partial charge in [0.25, 0.3) is 5.56 Å². The fourth-order valence-electron chi connectivity index (χ4n) is 3.68. The van der Waals surface area contributed by atoms with Crippen LogP contribution in [0.2, 0.25) is 0 Å². The number of H-pyrrole nitrogens is 1. The molecule has 0 amide bonds. The van der Waals surface area contributed by atoms with Crippen molar-refractivity contribution >= 4 is 22.3 Å². The van der Waals surface area contributed by atoms with Gasteiger partial charge in [-0.2, -0.15) is 4.98 Å². The summed E-state index contributed by atoms with van der Waals surface area (Å²) < 4.78 is 5.76. The topological polar surface area (TPSA) is 71.1 Å². The Kier molecular flexibility index (Phi) is 5.12. The van der Waals surface area contributed by atoms with E-state index in [4.69, 9.17) is 4.74 Å². The second-order valence-corrected chi connectivity index (χ2v) is 8.07. The first-order chi connectivity index (χ1) is 15.2. The van der Waals surface area contributed by atoms with Gasteiger partial charge < -0.3 is 9.64 Å². The molecule has 0 saturated heterocycles. The minimum Gasteiger partial charge on any atom is -0.426 e. The lowest BCUT2D eigenvalue weighted by molar-refractivity contribution is 0.443. The van der Waals surface area contributed by atoms with Crippen molar-refractivity contribution in [1.82, 2.24) is 15.0 Å². The van der Waals surface area contributed by atoms with Crippen molar-refractivity contribution < 1.29 is 4.74 Å². The molecule has 156 valence electrons. The molecule has 31 heavy (non-hydrogen) atoms. The largest absolute Gasteiger partial charge is 0.426 e. The molecule has 0 radical (unpaired) electrons. The molecular weight excluding hydrogens is 388 g/mol. The Balaban J connectivity index is 1.27. The number of rotatable bonds is 7. The fourth-order valence-corrected chi connectivity index (χ4v) is 3.68. The summed E-state index contributed by atoms with van der Waals surface area (Å²) in [7, 11) is 2.05. The zero-order chi connectivity index (χ0) is 21.2. The van der Waals surface area contributed by atoms with E-state index < -0.39 is 0 Å². The zero-order valence-electron chi connectivity index (χ0n) is 17.4. The lowest BCUT2D eigenvalue weighted by Gasteiger charge is -2.20. The maximum Gasteiger partial charge on any atom is 0.302 e. The van der Waals surface area contributed by atoms with Crippen LogP contribution in [0.5, 0.6) is 11.8 Å². The van der Waals surface area contributed by atoms with E-state index in [9.17, 15) is 4.79 Å². The van der Waals surface area contributed by atoms with Gasteiger partial charge in [-0.3, -0.25) is 14.8 Å². The Hall–Kier alpha value is -3.67. The molecule has 0 spiro atoms. The van der Waals surface area contributed by atoms with E-state index in [2.05, 4.69) is 44.1 Å². The van der Waals surface area contributed by atoms with Crippen molar-refractivity contribution in [2.75, 3.05) is 11.9 Å². The molecule has 4 aromatic rings. The SMILES string of the molecule is CN(c1ccc(CCC2CC2)cc1)c1ccc(Oc2nc3cnccc3c(=O)[nH]2)cc1. The number of pyridine rings is 1. The van der Waals surface area contributed by atoms with Gasteiger partial charge in [-0.1, -0.05) is 25.0 Å². The number of nitrogens with zero attached hydrogens (tertiary/aromatic N) is 3. The van der Waals surface area contributed by atoms with Crippen molar-refractivity contribution in [3.8, 4) is 11.8 Å². The number of nitrogens with one attached hydrogen (secondary N) is 1. The number of hydrogen-bond acceptors (Lipinski definition) is 5. The summed E-state index contributed by atoms with van der Waals surface area (Å²) in [6.07, 6.45) is 8.41. The number of anilines is 2. The summed E-state index contributed by atoms with van der Waals surface area (Å²) in [6, 6.07) is 18.3. The Morgan fingerprint density at radius 1 is 1.03 bits per heavy atom. The van der Waals surface area contributed by atoms with Crippen LogP contribution >= 0.6 is 0 Å². The molecule has 2 aromatic heterocycles. The highest BCUT2D eigenvalue weighted by atomic mass is 16.5. The van der Waals surface area contributed by atoms with Crippen LogP contribution in [-0.4, -0.2) is 22.0 Å². The number of aromatic nitrogens is 3. The van der Waals surface area contributed by atoms with E-state index in [-0.39, 0.29) is 11.6 Å². The number of aromatic amines is 1. The van der Waals surface area contributed by atoms with Gasteiger partial charge in [-0.05, 0) is 66.8 Å². The first kappa shape index (κ1) is 19.3. The maximum absolute atomic E-state index is 12.2. The third-order valence-electron chi connectivity index (χ3n) is 5.79. The second-order valence-electron chi connectivity index (χ2n) is 8.07. The molecule has 1 N–H and O–H groups in total. The lowest BCUT2D eigenvalue weighted by Crippen LogP contribution is -2.10. The molecular formula is C25H24N4O2. The molecule has 0 aliphatic heterocycles. The monoisotopic (exact) mass is 412 g/mol. The van der Waals surface area contributed by atoms with Gasteiger partial charge in [-0.25, -0.2) is 0 Å². The van der Waals surface area contributed by atoms with E-state index in [0.717, 1.165) is 17.3 Å². The normalized spacial score (nSPS) is 13.3. The van der Waals surface area contributed by atoms with Gasteiger partial charge in [0.1, 0.15) is 5.75 Å². The van der Waals surface area contributed by atoms with E-state index >= 15 is 0 Å². The van der Waals surface area contributed by atoms with Crippen LogP contribution in [0.25, 0.3) is 10.9 Å². The number of hydrogen-bond donors (Lipinski definition) is 1. The molecule has 0 bridgehead atoms. The predicted octanol–water partition coefficient (Wildman–Crippen LogP) is 5.22. The molecule has 0 atom stereocenters. The summed E-state index contributed by atoms with van der Waals surface area (Å²) in [5.41, 5.74) is 3.83. The van der Waals surface area contributed by atoms with Crippen LogP contribution in [0.15, 0.2) is 71.8 Å². The average Bonchev–Trinajstić information content (AvgIpc) is 3.63. The van der Waals surface area contributed by atoms with Crippen molar-refractivity contribution in [1.29, 1.82) is 0 Å². The Bertz CT molecular complexity index is 1250. The van der Waals surface area contributed by atoms with Gasteiger partial charge in [0, 0.05) is 24.6 Å². The fraction of sp³-hybridized carbons (Fsp3) is 0.240.